The van der Waals surface area contributed by atoms with Gasteiger partial charge in [-0.2, -0.15) is 0 Å². The van der Waals surface area contributed by atoms with Gasteiger partial charge in [-0.05, 0) is 0 Å². The van der Waals surface area contributed by atoms with Crippen molar-refractivity contribution in [3.05, 3.63) is 12.4 Å². The molecule has 0 bridgehead atoms. The molecule has 2 N–H and O–H groups in total. The number of rotatable bonds is 2. The van der Waals surface area contributed by atoms with Crippen LogP contribution in [0.3, 0.4) is 0 Å². The van der Waals surface area contributed by atoms with Gasteiger partial charge >= 0.3 is 5.97 Å². The second-order valence-corrected chi connectivity index (χ2v) is 2.26. The summed E-state index contributed by atoms with van der Waals surface area (Å²) in [6.07, 6.45) is 3.61. The van der Waals surface area contributed by atoms with Gasteiger partial charge in [0.2, 0.25) is 0 Å². The van der Waals surface area contributed by atoms with E-state index in [4.69, 9.17) is 5.11 Å². The summed E-state index contributed by atoms with van der Waals surface area (Å²) in [5, 5.41) is 11.3. The molecule has 0 spiro atoms. The molecule has 0 aromatic carbocycles. The van der Waals surface area contributed by atoms with E-state index in [1.165, 1.54) is 0 Å². The van der Waals surface area contributed by atoms with Crippen molar-refractivity contribution >= 4 is 5.97 Å². The van der Waals surface area contributed by atoms with Crippen LogP contribution in [0.5, 0.6) is 0 Å². The van der Waals surface area contributed by atoms with Crippen LogP contribution in [-0.4, -0.2) is 29.2 Å². The molecule has 10 heavy (non-hydrogen) atoms. The minimum Gasteiger partial charge on any atom is -0.481 e. The van der Waals surface area contributed by atoms with E-state index < -0.39 is 5.97 Å². The Morgan fingerprint density at radius 1 is 1.90 bits per heavy atom. The summed E-state index contributed by atoms with van der Waals surface area (Å²) in [5.41, 5.74) is 0. The van der Waals surface area contributed by atoms with Crippen LogP contribution in [-0.2, 0) is 4.79 Å². The summed E-state index contributed by atoms with van der Waals surface area (Å²) in [7, 11) is 1.84. The standard InChI is InChI=1S/C6H10N2O2/c1-8-3-2-7-5(8)4-6(9)10/h2-3,5,7H,4H2,1H3,(H,9,10). The van der Waals surface area contributed by atoms with E-state index in [1.54, 1.807) is 6.20 Å². The van der Waals surface area contributed by atoms with Gasteiger partial charge in [-0.15, -0.1) is 0 Å². The monoisotopic (exact) mass is 142 g/mol. The number of carboxylic acid groups (broad SMARTS) is 1. The Labute approximate surface area is 59.1 Å². The fourth-order valence-corrected chi connectivity index (χ4v) is 0.861. The number of nitrogens with one attached hydrogen (secondary N) is 1. The lowest BCUT2D eigenvalue weighted by atomic mass is 10.3. The van der Waals surface area contributed by atoms with Crippen molar-refractivity contribution in [1.82, 2.24) is 10.2 Å². The minimum absolute atomic E-state index is 0.0718. The highest BCUT2D eigenvalue weighted by molar-refractivity contribution is 5.67. The third-order valence-corrected chi connectivity index (χ3v) is 1.46. The average molecular weight is 142 g/mol. The summed E-state index contributed by atoms with van der Waals surface area (Å²) >= 11 is 0. The van der Waals surface area contributed by atoms with Crippen molar-refractivity contribution in [3.63, 3.8) is 0 Å². The third kappa shape index (κ3) is 1.40. The molecular formula is C6H10N2O2. The predicted octanol–water partition coefficient (Wildman–Crippen LogP) is -0.207. The Morgan fingerprint density at radius 3 is 3.00 bits per heavy atom. The van der Waals surface area contributed by atoms with Crippen molar-refractivity contribution in [2.75, 3.05) is 7.05 Å². The van der Waals surface area contributed by atoms with Gasteiger partial charge in [0.15, 0.2) is 0 Å². The second-order valence-electron chi connectivity index (χ2n) is 2.26. The molecular weight excluding hydrogens is 132 g/mol. The third-order valence-electron chi connectivity index (χ3n) is 1.46. The fraction of sp³-hybridized carbons (Fsp3) is 0.500. The molecule has 4 heteroatoms. The number of aliphatic carboxylic acids is 1. The van der Waals surface area contributed by atoms with Crippen molar-refractivity contribution in [2.24, 2.45) is 0 Å². The van der Waals surface area contributed by atoms with Crippen molar-refractivity contribution < 1.29 is 9.90 Å². The van der Waals surface area contributed by atoms with E-state index in [0.717, 1.165) is 0 Å². The largest absolute Gasteiger partial charge is 0.481 e. The molecule has 1 aliphatic rings. The lowest BCUT2D eigenvalue weighted by Crippen LogP contribution is -2.34. The summed E-state index contributed by atoms with van der Waals surface area (Å²) in [6.45, 7) is 0. The first-order chi connectivity index (χ1) is 4.70. The quantitative estimate of drug-likeness (QED) is 0.560. The smallest absolute Gasteiger partial charge is 0.307 e. The SMILES string of the molecule is CN1C=CNC1CC(=O)O. The van der Waals surface area contributed by atoms with Crippen molar-refractivity contribution in [2.45, 2.75) is 12.6 Å². The molecule has 1 unspecified atom stereocenters. The maximum absolute atomic E-state index is 10.2. The number of nitrogens with zero attached hydrogens (tertiary/aromatic N) is 1. The van der Waals surface area contributed by atoms with Crippen molar-refractivity contribution in [3.8, 4) is 0 Å². The molecule has 0 amide bonds. The highest BCUT2D eigenvalue weighted by Crippen LogP contribution is 2.04. The Kier molecular flexibility index (Phi) is 1.80. The highest BCUT2D eigenvalue weighted by Gasteiger charge is 2.17. The Balaban J connectivity index is 2.37. The molecule has 0 aliphatic carbocycles. The first-order valence-electron chi connectivity index (χ1n) is 3.06. The van der Waals surface area contributed by atoms with Gasteiger partial charge in [-0.25, -0.2) is 0 Å². The maximum atomic E-state index is 10.2. The Morgan fingerprint density at radius 2 is 2.60 bits per heavy atom. The Bertz CT molecular complexity index is 167. The van der Waals surface area contributed by atoms with Gasteiger partial charge in [0, 0.05) is 19.4 Å². The van der Waals surface area contributed by atoms with Gasteiger partial charge in [-0.3, -0.25) is 4.79 Å². The predicted molar refractivity (Wildman–Crippen MR) is 36.1 cm³/mol. The van der Waals surface area contributed by atoms with Gasteiger partial charge < -0.3 is 15.3 Å². The topological polar surface area (TPSA) is 52.6 Å². The number of hydrogen-bond acceptors (Lipinski definition) is 3. The number of carbonyl (C=O) groups is 1. The fourth-order valence-electron chi connectivity index (χ4n) is 0.861. The molecule has 4 nitrogen and oxygen atoms in total. The van der Waals surface area contributed by atoms with E-state index in [9.17, 15) is 4.79 Å². The minimum atomic E-state index is -0.784. The normalized spacial score (nSPS) is 22.9. The maximum Gasteiger partial charge on any atom is 0.307 e. The van der Waals surface area contributed by atoms with Crippen LogP contribution >= 0.6 is 0 Å². The zero-order valence-electron chi connectivity index (χ0n) is 5.74. The van der Waals surface area contributed by atoms with Crippen molar-refractivity contribution in [1.29, 1.82) is 0 Å². The summed E-state index contributed by atoms with van der Waals surface area (Å²) in [4.78, 5) is 12.0. The summed E-state index contributed by atoms with van der Waals surface area (Å²) < 4.78 is 0. The lowest BCUT2D eigenvalue weighted by molar-refractivity contribution is -0.138. The van der Waals surface area contributed by atoms with Crippen LogP contribution in [0.4, 0.5) is 0 Å². The molecule has 0 fully saturated rings. The highest BCUT2D eigenvalue weighted by atomic mass is 16.4. The van der Waals surface area contributed by atoms with Crippen LogP contribution < -0.4 is 5.32 Å². The van der Waals surface area contributed by atoms with Crippen LogP contribution in [0.1, 0.15) is 6.42 Å². The van der Waals surface area contributed by atoms with Crippen LogP contribution in [0.25, 0.3) is 0 Å². The van der Waals surface area contributed by atoms with E-state index in [2.05, 4.69) is 5.32 Å². The molecule has 0 aromatic rings. The van der Waals surface area contributed by atoms with Gasteiger partial charge in [0.05, 0.1) is 6.42 Å². The average Bonchev–Trinajstić information content (AvgIpc) is 2.15. The molecule has 1 atom stereocenters. The zero-order valence-corrected chi connectivity index (χ0v) is 5.74. The first kappa shape index (κ1) is 6.92. The van der Waals surface area contributed by atoms with Crippen LogP contribution in [0, 0.1) is 0 Å². The van der Waals surface area contributed by atoms with E-state index in [-0.39, 0.29) is 12.6 Å². The lowest BCUT2D eigenvalue weighted by Gasteiger charge is -2.18. The molecule has 56 valence electrons. The Hall–Kier alpha value is -1.19. The summed E-state index contributed by atoms with van der Waals surface area (Å²) in [5.74, 6) is -0.784. The van der Waals surface area contributed by atoms with E-state index in [1.807, 2.05) is 18.1 Å². The molecule has 1 rings (SSSR count). The van der Waals surface area contributed by atoms with Gasteiger partial charge in [0.1, 0.15) is 6.17 Å². The van der Waals surface area contributed by atoms with E-state index in [0.29, 0.717) is 0 Å². The molecule has 0 saturated heterocycles. The van der Waals surface area contributed by atoms with Crippen LogP contribution in [0.15, 0.2) is 12.4 Å². The molecule has 0 saturated carbocycles. The van der Waals surface area contributed by atoms with Gasteiger partial charge in [0.25, 0.3) is 0 Å². The van der Waals surface area contributed by atoms with Crippen LogP contribution in [0.2, 0.25) is 0 Å². The molecule has 1 heterocycles. The molecule has 0 radical (unpaired) electrons. The second kappa shape index (κ2) is 2.60. The molecule has 1 aliphatic heterocycles. The van der Waals surface area contributed by atoms with Gasteiger partial charge in [-0.1, -0.05) is 0 Å². The summed E-state index contributed by atoms with van der Waals surface area (Å²) in [6, 6.07) is 0. The number of carboxylic acids is 1. The number of hydrogen-bond donors (Lipinski definition) is 2. The first-order valence-corrected chi connectivity index (χ1v) is 3.06. The zero-order chi connectivity index (χ0) is 7.56. The van der Waals surface area contributed by atoms with E-state index >= 15 is 0 Å². The molecule has 0 aromatic heterocycles.